The summed E-state index contributed by atoms with van der Waals surface area (Å²) < 4.78 is 0. The molecule has 0 aliphatic carbocycles. The van der Waals surface area contributed by atoms with E-state index in [1.54, 1.807) is 0 Å². The first-order chi connectivity index (χ1) is 7.65. The molecule has 0 saturated heterocycles. The van der Waals surface area contributed by atoms with Gasteiger partial charge in [-0.25, -0.2) is 0 Å². The molecule has 0 rings (SSSR count). The monoisotopic (exact) mass is 229 g/mol. The average molecular weight is 229 g/mol. The third-order valence-electron chi connectivity index (χ3n) is 2.78. The molecule has 0 aliphatic heterocycles. The van der Waals surface area contributed by atoms with Crippen molar-refractivity contribution in [2.75, 3.05) is 6.54 Å². The predicted octanol–water partition coefficient (Wildman–Crippen LogP) is 2.48. The van der Waals surface area contributed by atoms with Crippen molar-refractivity contribution >= 4 is 5.91 Å². The number of aliphatic hydroxyl groups excluding tert-OH is 1. The number of hydrogen-bond acceptors (Lipinski definition) is 2. The van der Waals surface area contributed by atoms with E-state index in [1.807, 2.05) is 6.92 Å². The van der Waals surface area contributed by atoms with Crippen LogP contribution >= 0.6 is 0 Å². The lowest BCUT2D eigenvalue weighted by Gasteiger charge is -2.17. The van der Waals surface area contributed by atoms with E-state index in [9.17, 15) is 9.90 Å². The van der Waals surface area contributed by atoms with E-state index in [0.717, 1.165) is 38.5 Å². The van der Waals surface area contributed by atoms with E-state index in [4.69, 9.17) is 0 Å². The second kappa shape index (κ2) is 9.64. The second-order valence-electron chi connectivity index (χ2n) is 4.46. The maximum Gasteiger partial charge on any atom is 0.223 e. The van der Waals surface area contributed by atoms with Gasteiger partial charge in [-0.2, -0.15) is 0 Å². The fourth-order valence-electron chi connectivity index (χ4n) is 1.90. The molecule has 0 radical (unpaired) electrons. The summed E-state index contributed by atoms with van der Waals surface area (Å²) in [5.41, 5.74) is 0. The summed E-state index contributed by atoms with van der Waals surface area (Å²) in [7, 11) is 0. The van der Waals surface area contributed by atoms with Crippen molar-refractivity contribution in [1.29, 1.82) is 0 Å². The number of nitrogens with one attached hydrogen (secondary N) is 1. The average Bonchev–Trinajstić information content (AvgIpc) is 2.26. The zero-order valence-corrected chi connectivity index (χ0v) is 11.0. The number of rotatable bonds is 9. The molecule has 0 heterocycles. The molecule has 0 aromatic rings. The van der Waals surface area contributed by atoms with Crippen LogP contribution < -0.4 is 5.32 Å². The Bertz CT molecular complexity index is 177. The SMILES string of the molecule is CCCC(O)CNC(=O)C(CCC)CCC. The molecule has 0 aromatic carbocycles. The lowest BCUT2D eigenvalue weighted by molar-refractivity contribution is -0.126. The fourth-order valence-corrected chi connectivity index (χ4v) is 1.90. The van der Waals surface area contributed by atoms with E-state index in [1.165, 1.54) is 0 Å². The summed E-state index contributed by atoms with van der Waals surface area (Å²) >= 11 is 0. The van der Waals surface area contributed by atoms with Crippen LogP contribution in [-0.2, 0) is 4.79 Å². The van der Waals surface area contributed by atoms with Gasteiger partial charge in [-0.15, -0.1) is 0 Å². The van der Waals surface area contributed by atoms with Gasteiger partial charge >= 0.3 is 0 Å². The third kappa shape index (κ3) is 6.83. The Hall–Kier alpha value is -0.570. The topological polar surface area (TPSA) is 49.3 Å². The zero-order valence-electron chi connectivity index (χ0n) is 11.0. The van der Waals surface area contributed by atoms with Crippen LogP contribution in [0.15, 0.2) is 0 Å². The molecule has 3 nitrogen and oxygen atoms in total. The second-order valence-corrected chi connectivity index (χ2v) is 4.46. The third-order valence-corrected chi connectivity index (χ3v) is 2.78. The molecule has 1 atom stereocenters. The first-order valence-electron chi connectivity index (χ1n) is 6.61. The Morgan fingerprint density at radius 2 is 1.56 bits per heavy atom. The summed E-state index contributed by atoms with van der Waals surface area (Å²) in [5.74, 6) is 0.239. The van der Waals surface area contributed by atoms with Gasteiger partial charge in [0.25, 0.3) is 0 Å². The van der Waals surface area contributed by atoms with Gasteiger partial charge < -0.3 is 10.4 Å². The van der Waals surface area contributed by atoms with Gasteiger partial charge in [0, 0.05) is 12.5 Å². The lowest BCUT2D eigenvalue weighted by Crippen LogP contribution is -2.36. The molecule has 0 fully saturated rings. The Balaban J connectivity index is 3.90. The van der Waals surface area contributed by atoms with E-state index in [2.05, 4.69) is 19.2 Å². The first-order valence-corrected chi connectivity index (χ1v) is 6.61. The van der Waals surface area contributed by atoms with Crippen molar-refractivity contribution in [3.05, 3.63) is 0 Å². The van der Waals surface area contributed by atoms with Crippen molar-refractivity contribution < 1.29 is 9.90 Å². The minimum absolute atomic E-state index is 0.110. The summed E-state index contributed by atoms with van der Waals surface area (Å²) in [6, 6.07) is 0. The van der Waals surface area contributed by atoms with Crippen LogP contribution in [-0.4, -0.2) is 23.7 Å². The molecule has 96 valence electrons. The quantitative estimate of drug-likeness (QED) is 0.638. The highest BCUT2D eigenvalue weighted by molar-refractivity contribution is 5.78. The van der Waals surface area contributed by atoms with Crippen LogP contribution in [0.3, 0.4) is 0 Å². The molecule has 1 unspecified atom stereocenters. The van der Waals surface area contributed by atoms with Crippen LogP contribution in [0, 0.1) is 5.92 Å². The van der Waals surface area contributed by atoms with E-state index in [-0.39, 0.29) is 11.8 Å². The first kappa shape index (κ1) is 15.4. The van der Waals surface area contributed by atoms with Crippen molar-refractivity contribution in [2.24, 2.45) is 5.92 Å². The highest BCUT2D eigenvalue weighted by Gasteiger charge is 2.16. The van der Waals surface area contributed by atoms with Gasteiger partial charge in [-0.05, 0) is 19.3 Å². The van der Waals surface area contributed by atoms with Crippen LogP contribution in [0.1, 0.15) is 59.3 Å². The Labute approximate surface area is 99.6 Å². The van der Waals surface area contributed by atoms with Crippen LogP contribution in [0.4, 0.5) is 0 Å². The number of carbonyl (C=O) groups is 1. The van der Waals surface area contributed by atoms with Crippen molar-refractivity contribution in [2.45, 2.75) is 65.4 Å². The minimum Gasteiger partial charge on any atom is -0.391 e. The number of amides is 1. The zero-order chi connectivity index (χ0) is 12.4. The molecule has 0 aliphatic rings. The minimum atomic E-state index is -0.391. The largest absolute Gasteiger partial charge is 0.391 e. The lowest BCUT2D eigenvalue weighted by atomic mass is 9.97. The van der Waals surface area contributed by atoms with Gasteiger partial charge in [0.15, 0.2) is 0 Å². The number of carbonyl (C=O) groups excluding carboxylic acids is 1. The van der Waals surface area contributed by atoms with E-state index < -0.39 is 6.10 Å². The maximum atomic E-state index is 11.8. The number of aliphatic hydroxyl groups is 1. The highest BCUT2D eigenvalue weighted by atomic mass is 16.3. The Morgan fingerprint density at radius 3 is 2.00 bits per heavy atom. The molecule has 0 aromatic heterocycles. The molecule has 16 heavy (non-hydrogen) atoms. The molecule has 0 saturated carbocycles. The normalized spacial score (nSPS) is 12.8. The summed E-state index contributed by atoms with van der Waals surface area (Å²) in [6.45, 7) is 6.63. The fraction of sp³-hybridized carbons (Fsp3) is 0.923. The molecule has 0 bridgehead atoms. The summed E-state index contributed by atoms with van der Waals surface area (Å²) in [4.78, 5) is 11.8. The predicted molar refractivity (Wildman–Crippen MR) is 67.2 cm³/mol. The highest BCUT2D eigenvalue weighted by Crippen LogP contribution is 2.13. The summed E-state index contributed by atoms with van der Waals surface area (Å²) in [5, 5.41) is 12.4. The van der Waals surface area contributed by atoms with Gasteiger partial charge in [-0.3, -0.25) is 4.79 Å². The molecular weight excluding hydrogens is 202 g/mol. The molecule has 2 N–H and O–H groups in total. The number of hydrogen-bond donors (Lipinski definition) is 2. The molecule has 3 heteroatoms. The van der Waals surface area contributed by atoms with Crippen molar-refractivity contribution in [3.63, 3.8) is 0 Å². The van der Waals surface area contributed by atoms with Crippen molar-refractivity contribution in [3.8, 4) is 0 Å². The van der Waals surface area contributed by atoms with E-state index >= 15 is 0 Å². The van der Waals surface area contributed by atoms with E-state index in [0.29, 0.717) is 6.54 Å². The van der Waals surface area contributed by atoms with Crippen LogP contribution in [0.5, 0.6) is 0 Å². The Kier molecular flexibility index (Phi) is 9.30. The molecule has 1 amide bonds. The Morgan fingerprint density at radius 1 is 1.06 bits per heavy atom. The smallest absolute Gasteiger partial charge is 0.223 e. The van der Waals surface area contributed by atoms with Crippen molar-refractivity contribution in [1.82, 2.24) is 5.32 Å². The molecule has 0 spiro atoms. The maximum absolute atomic E-state index is 11.8. The molecular formula is C13H27NO2. The van der Waals surface area contributed by atoms with Crippen LogP contribution in [0.2, 0.25) is 0 Å². The van der Waals surface area contributed by atoms with Gasteiger partial charge in [0.05, 0.1) is 6.10 Å². The van der Waals surface area contributed by atoms with Gasteiger partial charge in [0.1, 0.15) is 0 Å². The van der Waals surface area contributed by atoms with Gasteiger partial charge in [-0.1, -0.05) is 40.0 Å². The summed E-state index contributed by atoms with van der Waals surface area (Å²) in [6.07, 6.45) is 5.28. The standard InChI is InChI=1S/C13H27NO2/c1-4-7-11(8-5-2)13(16)14-10-12(15)9-6-3/h11-12,15H,4-10H2,1-3H3,(H,14,16). The van der Waals surface area contributed by atoms with Crippen LogP contribution in [0.25, 0.3) is 0 Å². The van der Waals surface area contributed by atoms with Gasteiger partial charge in [0.2, 0.25) is 5.91 Å².